The molecule has 5 heteroatoms. The van der Waals surface area contributed by atoms with Crippen LogP contribution in [0.15, 0.2) is 42.5 Å². The molecule has 136 valence electrons. The third-order valence-electron chi connectivity index (χ3n) is 4.30. The van der Waals surface area contributed by atoms with Gasteiger partial charge in [0.25, 0.3) is 5.91 Å². The molecule has 0 aromatic heterocycles. The smallest absolute Gasteiger partial charge is 0.331 e. The van der Waals surface area contributed by atoms with Gasteiger partial charge in [-0.25, -0.2) is 4.79 Å². The first-order chi connectivity index (χ1) is 12.6. The minimum Gasteiger partial charge on any atom is -0.341 e. The van der Waals surface area contributed by atoms with Crippen molar-refractivity contribution >= 4 is 22.6 Å². The third kappa shape index (κ3) is 5.89. The van der Waals surface area contributed by atoms with Crippen LogP contribution >= 0.6 is 0 Å². The summed E-state index contributed by atoms with van der Waals surface area (Å²) >= 11 is 0. The predicted molar refractivity (Wildman–Crippen MR) is 99.9 cm³/mol. The van der Waals surface area contributed by atoms with Crippen molar-refractivity contribution in [3.63, 3.8) is 0 Å². The van der Waals surface area contributed by atoms with Crippen molar-refractivity contribution in [2.75, 3.05) is 0 Å². The van der Waals surface area contributed by atoms with E-state index in [1.807, 2.05) is 18.2 Å². The number of hydroxylamine groups is 1. The Hall–Kier alpha value is -2.87. The Morgan fingerprint density at radius 1 is 1.12 bits per heavy atom. The zero-order valence-electron chi connectivity index (χ0n) is 15.0. The first kappa shape index (κ1) is 19.5. The van der Waals surface area contributed by atoms with Gasteiger partial charge < -0.3 is 4.84 Å². The lowest BCUT2D eigenvalue weighted by molar-refractivity contribution is -0.158. The van der Waals surface area contributed by atoms with Gasteiger partial charge in [-0.3, -0.25) is 4.79 Å². The molecule has 0 saturated heterocycles. The second-order valence-corrected chi connectivity index (χ2v) is 6.24. The summed E-state index contributed by atoms with van der Waals surface area (Å²) < 4.78 is 0. The van der Waals surface area contributed by atoms with Gasteiger partial charge in [-0.2, -0.15) is 10.7 Å². The molecule has 26 heavy (non-hydrogen) atoms. The van der Waals surface area contributed by atoms with Crippen molar-refractivity contribution < 1.29 is 14.4 Å². The Morgan fingerprint density at radius 2 is 1.88 bits per heavy atom. The minimum absolute atomic E-state index is 0.140. The first-order valence-electron chi connectivity index (χ1n) is 9.01. The largest absolute Gasteiger partial charge is 0.341 e. The lowest BCUT2D eigenvalue weighted by atomic mass is 9.92. The van der Waals surface area contributed by atoms with E-state index in [4.69, 9.17) is 0 Å². The quantitative estimate of drug-likeness (QED) is 0.565. The zero-order chi connectivity index (χ0) is 18.8. The van der Waals surface area contributed by atoms with E-state index >= 15 is 0 Å². The molecular formula is C21H24N2O3. The molecule has 2 aromatic carbocycles. The van der Waals surface area contributed by atoms with Crippen molar-refractivity contribution in [1.29, 1.82) is 5.26 Å². The highest BCUT2D eigenvalue weighted by atomic mass is 16.7. The third-order valence-corrected chi connectivity index (χ3v) is 4.30. The maximum absolute atomic E-state index is 11.5. The van der Waals surface area contributed by atoms with Crippen molar-refractivity contribution in [3.05, 3.63) is 48.0 Å². The highest BCUT2D eigenvalue weighted by Crippen LogP contribution is 2.25. The number of nitrogens with zero attached hydrogens (tertiary/aromatic N) is 1. The molecule has 0 aliphatic carbocycles. The molecule has 0 heterocycles. The zero-order valence-corrected chi connectivity index (χ0v) is 15.0. The van der Waals surface area contributed by atoms with Crippen LogP contribution in [0.25, 0.3) is 10.8 Å². The van der Waals surface area contributed by atoms with E-state index in [1.165, 1.54) is 5.39 Å². The van der Waals surface area contributed by atoms with Gasteiger partial charge in [0.15, 0.2) is 0 Å². The fourth-order valence-corrected chi connectivity index (χ4v) is 2.78. The molecule has 0 saturated carbocycles. The second-order valence-electron chi connectivity index (χ2n) is 6.24. The molecule has 1 amide bonds. The molecule has 1 atom stereocenters. The summed E-state index contributed by atoms with van der Waals surface area (Å²) in [5, 5.41) is 11.8. The van der Waals surface area contributed by atoms with Gasteiger partial charge in [0, 0.05) is 12.8 Å². The van der Waals surface area contributed by atoms with Gasteiger partial charge >= 0.3 is 5.97 Å². The van der Waals surface area contributed by atoms with E-state index in [9.17, 15) is 14.9 Å². The second kappa shape index (κ2) is 10.2. The molecule has 0 bridgehead atoms. The number of nitrogens with one attached hydrogen (secondary N) is 1. The van der Waals surface area contributed by atoms with Crippen molar-refractivity contribution in [3.8, 4) is 6.07 Å². The average Bonchev–Trinajstić information content (AvgIpc) is 2.68. The normalized spacial score (nSPS) is 11.5. The number of fused-ring (bicyclic) bond motifs is 1. The Balaban J connectivity index is 1.74. The van der Waals surface area contributed by atoms with Crippen LogP contribution in [0.4, 0.5) is 0 Å². The summed E-state index contributed by atoms with van der Waals surface area (Å²) in [6.45, 7) is 1.66. The number of amides is 1. The fraction of sp³-hybridized carbons (Fsp3) is 0.381. The number of hydrogen-bond acceptors (Lipinski definition) is 4. The van der Waals surface area contributed by atoms with Gasteiger partial charge in [-0.15, -0.1) is 0 Å². The molecule has 5 nitrogen and oxygen atoms in total. The summed E-state index contributed by atoms with van der Waals surface area (Å²) in [7, 11) is 0. The van der Waals surface area contributed by atoms with E-state index in [0.717, 1.165) is 30.2 Å². The van der Waals surface area contributed by atoms with Crippen LogP contribution in [0, 0.1) is 11.3 Å². The molecule has 0 aliphatic heterocycles. The number of carbonyl (C=O) groups excluding carboxylic acids is 2. The van der Waals surface area contributed by atoms with Crippen LogP contribution in [0.5, 0.6) is 0 Å². The molecule has 2 aromatic rings. The van der Waals surface area contributed by atoms with Crippen LogP contribution in [-0.2, 0) is 14.4 Å². The monoisotopic (exact) mass is 352 g/mol. The summed E-state index contributed by atoms with van der Waals surface area (Å²) in [5.41, 5.74) is 3.18. The number of hydrogen-bond donors (Lipinski definition) is 1. The Kier molecular flexibility index (Phi) is 7.63. The van der Waals surface area contributed by atoms with E-state index < -0.39 is 5.97 Å². The molecular weight excluding hydrogens is 328 g/mol. The highest BCUT2D eigenvalue weighted by Gasteiger charge is 2.11. The predicted octanol–water partition coefficient (Wildman–Crippen LogP) is 4.38. The first-order valence-corrected chi connectivity index (χ1v) is 9.01. The molecule has 1 N–H and O–H groups in total. The van der Waals surface area contributed by atoms with E-state index in [1.54, 1.807) is 6.92 Å². The SMILES string of the molecule is CCC(=O)ONC(=O)CCCCCC(C#N)c1ccc2ccccc2c1. The average molecular weight is 352 g/mol. The van der Waals surface area contributed by atoms with E-state index in [0.29, 0.717) is 12.8 Å². The van der Waals surface area contributed by atoms with Crippen LogP contribution in [0.1, 0.15) is 56.9 Å². The van der Waals surface area contributed by atoms with Crippen LogP contribution in [0.2, 0.25) is 0 Å². The molecule has 1 unspecified atom stereocenters. The highest BCUT2D eigenvalue weighted by molar-refractivity contribution is 5.83. The summed E-state index contributed by atoms with van der Waals surface area (Å²) in [6, 6.07) is 16.7. The molecule has 0 radical (unpaired) electrons. The van der Waals surface area contributed by atoms with Gasteiger partial charge in [-0.05, 0) is 35.2 Å². The molecule has 0 aliphatic rings. The fourth-order valence-electron chi connectivity index (χ4n) is 2.78. The number of carbonyl (C=O) groups is 2. The topological polar surface area (TPSA) is 79.2 Å². The lowest BCUT2D eigenvalue weighted by Crippen LogP contribution is -2.26. The van der Waals surface area contributed by atoms with Gasteiger partial charge in [0.1, 0.15) is 0 Å². The van der Waals surface area contributed by atoms with E-state index in [-0.39, 0.29) is 18.2 Å². The van der Waals surface area contributed by atoms with Gasteiger partial charge in [-0.1, -0.05) is 56.2 Å². The van der Waals surface area contributed by atoms with Gasteiger partial charge in [0.2, 0.25) is 0 Å². The Bertz CT molecular complexity index is 795. The number of unbranched alkanes of at least 4 members (excludes halogenated alkanes) is 2. The maximum Gasteiger partial charge on any atom is 0.331 e. The molecule has 2 rings (SSSR count). The van der Waals surface area contributed by atoms with Crippen LogP contribution in [-0.4, -0.2) is 11.9 Å². The lowest BCUT2D eigenvalue weighted by Gasteiger charge is -2.10. The number of rotatable bonds is 8. The molecule has 0 fully saturated rings. The summed E-state index contributed by atoms with van der Waals surface area (Å²) in [4.78, 5) is 27.0. The number of benzene rings is 2. The Morgan fingerprint density at radius 3 is 2.62 bits per heavy atom. The summed E-state index contributed by atoms with van der Waals surface area (Å²) in [5.74, 6) is -0.886. The van der Waals surface area contributed by atoms with Crippen molar-refractivity contribution in [2.45, 2.75) is 51.4 Å². The van der Waals surface area contributed by atoms with Crippen LogP contribution in [0.3, 0.4) is 0 Å². The Labute approximate surface area is 153 Å². The van der Waals surface area contributed by atoms with Crippen molar-refractivity contribution in [2.24, 2.45) is 0 Å². The van der Waals surface area contributed by atoms with E-state index in [2.05, 4.69) is 40.7 Å². The minimum atomic E-state index is -0.453. The standard InChI is InChI=1S/C21H24N2O3/c1-2-21(25)26-23-20(24)11-5-3-4-10-19(15-22)18-13-12-16-8-6-7-9-17(16)14-18/h6-9,12-14,19H,2-5,10-11H2,1H3,(H,23,24). The van der Waals surface area contributed by atoms with Crippen molar-refractivity contribution in [1.82, 2.24) is 5.48 Å². The summed E-state index contributed by atoms with van der Waals surface area (Å²) in [6.07, 6.45) is 3.72. The molecule has 0 spiro atoms. The maximum atomic E-state index is 11.5. The number of nitriles is 1. The van der Waals surface area contributed by atoms with Gasteiger partial charge in [0.05, 0.1) is 12.0 Å². The van der Waals surface area contributed by atoms with Crippen LogP contribution < -0.4 is 5.48 Å².